The first kappa shape index (κ1) is 15.1. The van der Waals surface area contributed by atoms with Crippen molar-refractivity contribution in [2.75, 3.05) is 0 Å². The van der Waals surface area contributed by atoms with Gasteiger partial charge in [-0.15, -0.1) is 0 Å². The van der Waals surface area contributed by atoms with Gasteiger partial charge in [-0.05, 0) is 23.8 Å². The van der Waals surface area contributed by atoms with Crippen LogP contribution >= 0.6 is 15.9 Å². The number of nitrogens with two attached hydrogens (primary N) is 1. The number of hydrogen-bond acceptors (Lipinski definition) is 3. The Labute approximate surface area is 130 Å². The zero-order valence-electron chi connectivity index (χ0n) is 11.1. The molecule has 1 amide bonds. The fourth-order valence-electron chi connectivity index (χ4n) is 1.77. The largest absolute Gasteiger partial charge is 0.409 e. The molecule has 0 fully saturated rings. The van der Waals surface area contributed by atoms with E-state index in [1.807, 2.05) is 24.3 Å². The van der Waals surface area contributed by atoms with E-state index in [0.29, 0.717) is 17.7 Å². The topological polar surface area (TPSA) is 87.7 Å². The molecule has 108 valence electrons. The molecule has 0 saturated heterocycles. The Hall–Kier alpha value is -2.34. The Kier molecular flexibility index (Phi) is 4.94. The average molecular weight is 348 g/mol. The van der Waals surface area contributed by atoms with Gasteiger partial charge in [0, 0.05) is 22.1 Å². The first-order valence-corrected chi connectivity index (χ1v) is 7.00. The molecule has 0 aliphatic rings. The van der Waals surface area contributed by atoms with Crippen LogP contribution in [0.3, 0.4) is 0 Å². The number of carbonyl (C=O) groups is 1. The van der Waals surface area contributed by atoms with Crippen LogP contribution < -0.4 is 11.1 Å². The molecule has 4 N–H and O–H groups in total. The summed E-state index contributed by atoms with van der Waals surface area (Å²) in [5.74, 6) is -0.174. The summed E-state index contributed by atoms with van der Waals surface area (Å²) in [6, 6.07) is 14.2. The van der Waals surface area contributed by atoms with Gasteiger partial charge < -0.3 is 16.3 Å². The highest BCUT2D eigenvalue weighted by atomic mass is 79.9. The third-order valence-electron chi connectivity index (χ3n) is 2.95. The Balaban J connectivity index is 2.02. The van der Waals surface area contributed by atoms with Crippen LogP contribution in [0.5, 0.6) is 0 Å². The predicted octanol–water partition coefficient (Wildman–Crippen LogP) is 2.47. The second-order valence-corrected chi connectivity index (χ2v) is 5.19. The quantitative estimate of drug-likeness (QED) is 0.343. The van der Waals surface area contributed by atoms with Crippen LogP contribution in [0.1, 0.15) is 21.5 Å². The van der Waals surface area contributed by atoms with E-state index in [1.54, 1.807) is 24.3 Å². The molecule has 0 bridgehead atoms. The minimum Gasteiger partial charge on any atom is -0.409 e. The molecule has 0 atom stereocenters. The molecular formula is C15H14BrN3O2. The van der Waals surface area contributed by atoms with Gasteiger partial charge in [-0.1, -0.05) is 51.4 Å². The van der Waals surface area contributed by atoms with E-state index in [9.17, 15) is 4.79 Å². The van der Waals surface area contributed by atoms with Crippen LogP contribution in [-0.2, 0) is 6.54 Å². The molecule has 5 nitrogen and oxygen atoms in total. The van der Waals surface area contributed by atoms with Crippen molar-refractivity contribution in [2.45, 2.75) is 6.54 Å². The van der Waals surface area contributed by atoms with Gasteiger partial charge in [0.25, 0.3) is 5.91 Å². The van der Waals surface area contributed by atoms with Gasteiger partial charge in [0.05, 0.1) is 0 Å². The summed E-state index contributed by atoms with van der Waals surface area (Å²) < 4.78 is 0.951. The summed E-state index contributed by atoms with van der Waals surface area (Å²) in [4.78, 5) is 12.0. The molecule has 0 radical (unpaired) electrons. The van der Waals surface area contributed by atoms with Crippen molar-refractivity contribution in [3.05, 3.63) is 69.7 Å². The van der Waals surface area contributed by atoms with E-state index >= 15 is 0 Å². The lowest BCUT2D eigenvalue weighted by Gasteiger charge is -2.07. The molecule has 0 spiro atoms. The number of nitrogens with zero attached hydrogens (tertiary/aromatic N) is 1. The van der Waals surface area contributed by atoms with Crippen LogP contribution in [0.15, 0.2) is 58.2 Å². The summed E-state index contributed by atoms with van der Waals surface area (Å²) in [7, 11) is 0. The van der Waals surface area contributed by atoms with E-state index in [0.717, 1.165) is 10.0 Å². The highest BCUT2D eigenvalue weighted by molar-refractivity contribution is 9.10. The molecule has 0 heterocycles. The number of hydrogen-bond donors (Lipinski definition) is 3. The number of oxime groups is 1. The smallest absolute Gasteiger partial charge is 0.251 e. The fourth-order valence-corrected chi connectivity index (χ4v) is 2.19. The van der Waals surface area contributed by atoms with Crippen LogP contribution in [0, 0.1) is 0 Å². The molecular weight excluding hydrogens is 334 g/mol. The van der Waals surface area contributed by atoms with Gasteiger partial charge in [-0.3, -0.25) is 4.79 Å². The normalized spacial score (nSPS) is 11.2. The van der Waals surface area contributed by atoms with Crippen molar-refractivity contribution >= 4 is 27.7 Å². The highest BCUT2D eigenvalue weighted by Gasteiger charge is 2.07. The Morgan fingerprint density at radius 2 is 1.76 bits per heavy atom. The number of amidine groups is 1. The summed E-state index contributed by atoms with van der Waals surface area (Å²) in [6.07, 6.45) is 0. The van der Waals surface area contributed by atoms with E-state index in [2.05, 4.69) is 26.4 Å². The van der Waals surface area contributed by atoms with Crippen molar-refractivity contribution in [2.24, 2.45) is 10.9 Å². The molecule has 6 heteroatoms. The average Bonchev–Trinajstić information content (AvgIpc) is 2.53. The van der Waals surface area contributed by atoms with Gasteiger partial charge >= 0.3 is 0 Å². The van der Waals surface area contributed by atoms with Gasteiger partial charge in [0.2, 0.25) is 0 Å². The molecule has 2 aromatic carbocycles. The van der Waals surface area contributed by atoms with E-state index < -0.39 is 0 Å². The zero-order chi connectivity index (χ0) is 15.2. The second-order valence-electron chi connectivity index (χ2n) is 4.34. The third kappa shape index (κ3) is 3.82. The van der Waals surface area contributed by atoms with Crippen molar-refractivity contribution in [3.8, 4) is 0 Å². The summed E-state index contributed by atoms with van der Waals surface area (Å²) in [6.45, 7) is 0.433. The standard InChI is InChI=1S/C15H14BrN3O2/c16-13-4-2-1-3-12(13)9-18-15(20)11-7-5-10(6-8-11)14(17)19-21/h1-8,21H,9H2,(H2,17,19)(H,18,20). The SMILES string of the molecule is NC(=NO)c1ccc(C(=O)NCc2ccccc2Br)cc1. The van der Waals surface area contributed by atoms with Crippen LogP contribution in [0.25, 0.3) is 0 Å². The summed E-state index contributed by atoms with van der Waals surface area (Å²) in [5, 5.41) is 14.3. The number of benzene rings is 2. The van der Waals surface area contributed by atoms with E-state index in [4.69, 9.17) is 10.9 Å². The molecule has 0 aliphatic carbocycles. The van der Waals surface area contributed by atoms with Gasteiger partial charge in [0.15, 0.2) is 5.84 Å². The Morgan fingerprint density at radius 3 is 2.38 bits per heavy atom. The van der Waals surface area contributed by atoms with E-state index in [-0.39, 0.29) is 11.7 Å². The molecule has 21 heavy (non-hydrogen) atoms. The lowest BCUT2D eigenvalue weighted by molar-refractivity contribution is 0.0951. The van der Waals surface area contributed by atoms with Crippen molar-refractivity contribution < 1.29 is 10.0 Å². The number of carbonyl (C=O) groups excluding carboxylic acids is 1. The second kappa shape index (κ2) is 6.90. The van der Waals surface area contributed by atoms with Gasteiger partial charge in [0.1, 0.15) is 0 Å². The molecule has 0 saturated carbocycles. The number of rotatable bonds is 4. The van der Waals surface area contributed by atoms with Gasteiger partial charge in [-0.25, -0.2) is 0 Å². The number of halogens is 1. The minimum atomic E-state index is -0.184. The molecule has 2 rings (SSSR count). The van der Waals surface area contributed by atoms with Gasteiger partial charge in [-0.2, -0.15) is 0 Å². The molecule has 2 aromatic rings. The van der Waals surface area contributed by atoms with Crippen LogP contribution in [0.2, 0.25) is 0 Å². The lowest BCUT2D eigenvalue weighted by Crippen LogP contribution is -2.23. The first-order valence-electron chi connectivity index (χ1n) is 6.21. The third-order valence-corrected chi connectivity index (χ3v) is 3.72. The maximum Gasteiger partial charge on any atom is 0.251 e. The maximum absolute atomic E-state index is 12.0. The summed E-state index contributed by atoms with van der Waals surface area (Å²) >= 11 is 3.43. The number of nitrogens with one attached hydrogen (secondary N) is 1. The summed E-state index contributed by atoms with van der Waals surface area (Å²) in [5.41, 5.74) is 7.53. The first-order chi connectivity index (χ1) is 10.1. The highest BCUT2D eigenvalue weighted by Crippen LogP contribution is 2.15. The fraction of sp³-hybridized carbons (Fsp3) is 0.0667. The molecule has 0 aliphatic heterocycles. The van der Waals surface area contributed by atoms with Crippen LogP contribution in [-0.4, -0.2) is 17.0 Å². The number of amides is 1. The zero-order valence-corrected chi connectivity index (χ0v) is 12.7. The molecule has 0 unspecified atom stereocenters. The predicted molar refractivity (Wildman–Crippen MR) is 84.3 cm³/mol. The van der Waals surface area contributed by atoms with Crippen molar-refractivity contribution in [3.63, 3.8) is 0 Å². The van der Waals surface area contributed by atoms with E-state index in [1.165, 1.54) is 0 Å². The molecule has 0 aromatic heterocycles. The Bertz CT molecular complexity index is 669. The van der Waals surface area contributed by atoms with Crippen molar-refractivity contribution in [1.82, 2.24) is 5.32 Å². The minimum absolute atomic E-state index is 0.00942. The Morgan fingerprint density at radius 1 is 1.14 bits per heavy atom. The monoisotopic (exact) mass is 347 g/mol. The lowest BCUT2D eigenvalue weighted by atomic mass is 10.1. The van der Waals surface area contributed by atoms with Crippen LogP contribution in [0.4, 0.5) is 0 Å². The van der Waals surface area contributed by atoms with Crippen molar-refractivity contribution in [1.29, 1.82) is 0 Å². The maximum atomic E-state index is 12.0.